The topological polar surface area (TPSA) is 67.5 Å². The molecule has 0 saturated carbocycles. The Hall–Kier alpha value is -2.73. The number of amides is 1. The van der Waals surface area contributed by atoms with E-state index in [1.807, 2.05) is 30.3 Å². The van der Waals surface area contributed by atoms with Gasteiger partial charge >= 0.3 is 0 Å². The van der Waals surface area contributed by atoms with Crippen LogP contribution in [-0.4, -0.2) is 17.1 Å². The molecule has 0 saturated heterocycles. The Balaban J connectivity index is 1.65. The fourth-order valence-electron chi connectivity index (χ4n) is 1.90. The number of rotatable bonds is 4. The zero-order chi connectivity index (χ0) is 16.1. The van der Waals surface area contributed by atoms with E-state index in [1.165, 1.54) is 6.21 Å². The molecular weight excluding hydrogens is 358 g/mol. The quantitative estimate of drug-likeness (QED) is 0.560. The molecule has 2 aromatic heterocycles. The van der Waals surface area contributed by atoms with Crippen molar-refractivity contribution in [2.24, 2.45) is 5.10 Å². The van der Waals surface area contributed by atoms with Crippen molar-refractivity contribution in [3.8, 4) is 11.3 Å². The van der Waals surface area contributed by atoms with Gasteiger partial charge in [-0.1, -0.05) is 34.1 Å². The van der Waals surface area contributed by atoms with Gasteiger partial charge < -0.3 is 4.42 Å². The number of nitrogens with one attached hydrogen (secondary N) is 1. The van der Waals surface area contributed by atoms with Crippen LogP contribution in [0.25, 0.3) is 11.3 Å². The second-order valence-corrected chi connectivity index (χ2v) is 5.54. The van der Waals surface area contributed by atoms with E-state index in [1.54, 1.807) is 30.5 Å². The molecule has 0 bridgehead atoms. The number of hydrogen-bond acceptors (Lipinski definition) is 4. The number of aromatic nitrogens is 1. The first-order valence-electron chi connectivity index (χ1n) is 6.82. The van der Waals surface area contributed by atoms with Gasteiger partial charge in [-0.3, -0.25) is 9.78 Å². The minimum absolute atomic E-state index is 0.305. The van der Waals surface area contributed by atoms with Gasteiger partial charge in [0.05, 0.1) is 6.21 Å². The molecule has 0 spiro atoms. The number of halogens is 1. The highest BCUT2D eigenvalue weighted by Crippen LogP contribution is 2.23. The average molecular weight is 370 g/mol. The summed E-state index contributed by atoms with van der Waals surface area (Å²) in [6.07, 6.45) is 3.00. The predicted molar refractivity (Wildman–Crippen MR) is 91.1 cm³/mol. The maximum atomic E-state index is 11.8. The van der Waals surface area contributed by atoms with Crippen molar-refractivity contribution >= 4 is 28.1 Å². The van der Waals surface area contributed by atoms with E-state index in [4.69, 9.17) is 4.42 Å². The fourth-order valence-corrected chi connectivity index (χ4v) is 2.16. The zero-order valence-electron chi connectivity index (χ0n) is 11.9. The Bertz CT molecular complexity index is 827. The normalized spacial score (nSPS) is 10.8. The van der Waals surface area contributed by atoms with Crippen molar-refractivity contribution in [3.63, 3.8) is 0 Å². The summed E-state index contributed by atoms with van der Waals surface area (Å²) in [4.78, 5) is 15.7. The van der Waals surface area contributed by atoms with Crippen LogP contribution in [0.1, 0.15) is 16.2 Å². The molecule has 0 atom stereocenters. The van der Waals surface area contributed by atoms with E-state index in [0.29, 0.717) is 11.5 Å². The minimum Gasteiger partial charge on any atom is -0.455 e. The Kier molecular flexibility index (Phi) is 4.63. The molecule has 1 aromatic carbocycles. The number of hydrazone groups is 1. The van der Waals surface area contributed by atoms with Crippen molar-refractivity contribution in [2.45, 2.75) is 0 Å². The highest BCUT2D eigenvalue weighted by Gasteiger charge is 2.05. The highest BCUT2D eigenvalue weighted by molar-refractivity contribution is 9.10. The fraction of sp³-hybridized carbons (Fsp3) is 0. The summed E-state index contributed by atoms with van der Waals surface area (Å²) in [5, 5.41) is 3.87. The third-order valence-electron chi connectivity index (χ3n) is 3.01. The van der Waals surface area contributed by atoms with E-state index < -0.39 is 0 Å². The molecule has 0 aliphatic rings. The van der Waals surface area contributed by atoms with Gasteiger partial charge in [0.15, 0.2) is 0 Å². The molecule has 2 heterocycles. The van der Waals surface area contributed by atoms with Gasteiger partial charge in [-0.15, -0.1) is 0 Å². The Morgan fingerprint density at radius 3 is 2.70 bits per heavy atom. The molecule has 6 heteroatoms. The van der Waals surface area contributed by atoms with Gasteiger partial charge in [-0.05, 0) is 36.4 Å². The molecule has 0 fully saturated rings. The molecular formula is C17H12BrN3O2. The van der Waals surface area contributed by atoms with Crippen LogP contribution in [0.5, 0.6) is 0 Å². The standard InChI is InChI=1S/C17H12BrN3O2/c18-13-6-4-12(5-7-13)16-9-8-14(23-16)11-20-21-17(22)15-3-1-2-10-19-15/h1-11H,(H,21,22)/b20-11+. The first kappa shape index (κ1) is 15.2. The lowest BCUT2D eigenvalue weighted by atomic mass is 10.2. The lowest BCUT2D eigenvalue weighted by molar-refractivity contribution is 0.0950. The summed E-state index contributed by atoms with van der Waals surface area (Å²) >= 11 is 3.39. The second kappa shape index (κ2) is 7.02. The molecule has 114 valence electrons. The largest absolute Gasteiger partial charge is 0.455 e. The van der Waals surface area contributed by atoms with Crippen molar-refractivity contribution in [1.29, 1.82) is 0 Å². The summed E-state index contributed by atoms with van der Waals surface area (Å²) in [6, 6.07) is 16.5. The smallest absolute Gasteiger partial charge is 0.289 e. The Labute approximate surface area is 141 Å². The molecule has 0 aliphatic heterocycles. The summed E-state index contributed by atoms with van der Waals surface area (Å²) < 4.78 is 6.67. The van der Waals surface area contributed by atoms with Gasteiger partial charge in [-0.2, -0.15) is 5.10 Å². The van der Waals surface area contributed by atoms with Crippen molar-refractivity contribution < 1.29 is 9.21 Å². The van der Waals surface area contributed by atoms with Gasteiger partial charge in [0.2, 0.25) is 0 Å². The van der Waals surface area contributed by atoms with Crippen LogP contribution in [0.4, 0.5) is 0 Å². The Morgan fingerprint density at radius 2 is 1.96 bits per heavy atom. The second-order valence-electron chi connectivity index (χ2n) is 4.62. The monoisotopic (exact) mass is 369 g/mol. The van der Waals surface area contributed by atoms with Gasteiger partial charge in [0, 0.05) is 16.2 Å². The minimum atomic E-state index is -0.374. The average Bonchev–Trinajstić information content (AvgIpc) is 3.05. The molecule has 0 unspecified atom stereocenters. The number of carbonyl (C=O) groups is 1. The van der Waals surface area contributed by atoms with Crippen LogP contribution in [0.15, 0.2) is 74.8 Å². The molecule has 1 amide bonds. The lowest BCUT2D eigenvalue weighted by Crippen LogP contribution is -2.18. The highest BCUT2D eigenvalue weighted by atomic mass is 79.9. The third kappa shape index (κ3) is 3.92. The third-order valence-corrected chi connectivity index (χ3v) is 3.54. The maximum Gasteiger partial charge on any atom is 0.289 e. The zero-order valence-corrected chi connectivity index (χ0v) is 13.5. The van der Waals surface area contributed by atoms with Crippen LogP contribution >= 0.6 is 15.9 Å². The molecule has 0 radical (unpaired) electrons. The molecule has 23 heavy (non-hydrogen) atoms. The number of nitrogens with zero attached hydrogens (tertiary/aromatic N) is 2. The summed E-state index contributed by atoms with van der Waals surface area (Å²) in [7, 11) is 0. The first-order chi connectivity index (χ1) is 11.2. The van der Waals surface area contributed by atoms with E-state index >= 15 is 0 Å². The molecule has 3 rings (SSSR count). The predicted octanol–water partition coefficient (Wildman–Crippen LogP) is 3.87. The summed E-state index contributed by atoms with van der Waals surface area (Å²) in [5.41, 5.74) is 3.67. The van der Waals surface area contributed by atoms with E-state index in [2.05, 4.69) is 31.4 Å². The van der Waals surface area contributed by atoms with Gasteiger partial charge in [0.1, 0.15) is 17.2 Å². The molecule has 0 aliphatic carbocycles. The number of furan rings is 1. The number of hydrogen-bond donors (Lipinski definition) is 1. The van der Waals surface area contributed by atoms with Crippen LogP contribution in [0.2, 0.25) is 0 Å². The number of benzene rings is 1. The van der Waals surface area contributed by atoms with Crippen LogP contribution in [0.3, 0.4) is 0 Å². The van der Waals surface area contributed by atoms with Crippen LogP contribution in [0, 0.1) is 0 Å². The van der Waals surface area contributed by atoms with Gasteiger partial charge in [0.25, 0.3) is 5.91 Å². The van der Waals surface area contributed by atoms with Crippen LogP contribution in [-0.2, 0) is 0 Å². The van der Waals surface area contributed by atoms with Crippen molar-refractivity contribution in [2.75, 3.05) is 0 Å². The van der Waals surface area contributed by atoms with Gasteiger partial charge in [-0.25, -0.2) is 5.43 Å². The number of carbonyl (C=O) groups excluding carboxylic acids is 1. The number of pyridine rings is 1. The SMILES string of the molecule is O=C(N/N=C/c1ccc(-c2ccc(Br)cc2)o1)c1ccccn1. The van der Waals surface area contributed by atoms with E-state index in [-0.39, 0.29) is 5.91 Å². The lowest BCUT2D eigenvalue weighted by Gasteiger charge is -1.97. The van der Waals surface area contributed by atoms with Crippen molar-refractivity contribution in [3.05, 3.63) is 76.7 Å². The first-order valence-corrected chi connectivity index (χ1v) is 7.62. The van der Waals surface area contributed by atoms with Crippen molar-refractivity contribution in [1.82, 2.24) is 10.4 Å². The molecule has 5 nitrogen and oxygen atoms in total. The Morgan fingerprint density at radius 1 is 1.13 bits per heavy atom. The van der Waals surface area contributed by atoms with E-state index in [0.717, 1.165) is 15.8 Å². The summed E-state index contributed by atoms with van der Waals surface area (Å²) in [6.45, 7) is 0. The summed E-state index contributed by atoms with van der Waals surface area (Å²) in [5.74, 6) is 0.904. The maximum absolute atomic E-state index is 11.8. The van der Waals surface area contributed by atoms with Crippen LogP contribution < -0.4 is 5.43 Å². The molecule has 3 aromatic rings. The molecule has 1 N–H and O–H groups in total. The van der Waals surface area contributed by atoms with E-state index in [9.17, 15) is 4.79 Å².